The number of carbonyl (C=O) groups is 1. The van der Waals surface area contributed by atoms with Crippen LogP contribution in [0.5, 0.6) is 0 Å². The molecule has 0 saturated carbocycles. The van der Waals surface area contributed by atoms with Crippen LogP contribution in [0.4, 0.5) is 5.69 Å². The molecule has 1 heterocycles. The lowest BCUT2D eigenvalue weighted by molar-refractivity contribution is 0.100. The highest BCUT2D eigenvalue weighted by Gasteiger charge is 2.05. The Labute approximate surface area is 116 Å². The summed E-state index contributed by atoms with van der Waals surface area (Å²) in [4.78, 5) is 15.0. The fourth-order valence-electron chi connectivity index (χ4n) is 1.71. The van der Waals surface area contributed by atoms with Crippen molar-refractivity contribution in [2.24, 2.45) is 5.73 Å². The molecule has 1 aromatic heterocycles. The number of aryl methyl sites for hydroxylation is 1. The van der Waals surface area contributed by atoms with Crippen molar-refractivity contribution in [1.29, 1.82) is 0 Å². The van der Waals surface area contributed by atoms with Crippen molar-refractivity contribution in [1.82, 2.24) is 4.98 Å². The van der Waals surface area contributed by atoms with Crippen molar-refractivity contribution in [2.45, 2.75) is 13.5 Å². The van der Waals surface area contributed by atoms with Gasteiger partial charge in [0.2, 0.25) is 5.91 Å². The van der Waals surface area contributed by atoms with Gasteiger partial charge in [0.1, 0.15) is 0 Å². The van der Waals surface area contributed by atoms with Gasteiger partial charge in [0.25, 0.3) is 0 Å². The molecule has 5 heteroatoms. The summed E-state index contributed by atoms with van der Waals surface area (Å²) in [6.45, 7) is 2.57. The standard InChI is InChI=1S/C14H14ClN3O/c1-9-6-7-17-13(15)12(9)18-8-10-2-4-11(5-3-10)14(16)19/h2-7,18H,8H2,1H3,(H2,16,19). The third-order valence-corrected chi connectivity index (χ3v) is 3.11. The van der Waals surface area contributed by atoms with Crippen LogP contribution in [-0.4, -0.2) is 10.9 Å². The first-order valence-corrected chi connectivity index (χ1v) is 6.19. The second-order valence-corrected chi connectivity index (χ2v) is 4.57. The van der Waals surface area contributed by atoms with Gasteiger partial charge in [-0.2, -0.15) is 0 Å². The number of hydrogen-bond donors (Lipinski definition) is 2. The van der Waals surface area contributed by atoms with Crippen LogP contribution in [0.2, 0.25) is 5.15 Å². The molecule has 0 aliphatic rings. The molecular weight excluding hydrogens is 262 g/mol. The fourth-order valence-corrected chi connectivity index (χ4v) is 1.99. The summed E-state index contributed by atoms with van der Waals surface area (Å²) in [5.41, 5.74) is 8.58. The van der Waals surface area contributed by atoms with E-state index in [4.69, 9.17) is 17.3 Å². The molecule has 1 aromatic carbocycles. The highest BCUT2D eigenvalue weighted by molar-refractivity contribution is 6.32. The molecule has 2 aromatic rings. The molecule has 0 unspecified atom stereocenters. The average molecular weight is 276 g/mol. The SMILES string of the molecule is Cc1ccnc(Cl)c1NCc1ccc(C(N)=O)cc1. The molecule has 0 saturated heterocycles. The zero-order valence-corrected chi connectivity index (χ0v) is 11.2. The number of amides is 1. The molecule has 2 rings (SSSR count). The fraction of sp³-hybridized carbons (Fsp3) is 0.143. The van der Waals surface area contributed by atoms with Gasteiger partial charge in [-0.3, -0.25) is 4.79 Å². The normalized spacial score (nSPS) is 10.2. The largest absolute Gasteiger partial charge is 0.378 e. The molecule has 1 amide bonds. The van der Waals surface area contributed by atoms with Crippen molar-refractivity contribution in [3.8, 4) is 0 Å². The quantitative estimate of drug-likeness (QED) is 0.843. The minimum absolute atomic E-state index is 0.425. The van der Waals surface area contributed by atoms with E-state index in [0.717, 1.165) is 16.8 Å². The van der Waals surface area contributed by atoms with E-state index in [1.165, 1.54) is 0 Å². The van der Waals surface area contributed by atoms with Gasteiger partial charge in [0, 0.05) is 18.3 Å². The van der Waals surface area contributed by atoms with Crippen LogP contribution in [0.25, 0.3) is 0 Å². The van der Waals surface area contributed by atoms with Gasteiger partial charge < -0.3 is 11.1 Å². The third kappa shape index (κ3) is 3.23. The predicted molar refractivity (Wildman–Crippen MR) is 76.3 cm³/mol. The predicted octanol–water partition coefficient (Wildman–Crippen LogP) is 2.75. The number of nitrogens with two attached hydrogens (primary N) is 1. The van der Waals surface area contributed by atoms with Gasteiger partial charge in [-0.05, 0) is 36.2 Å². The molecule has 0 radical (unpaired) electrons. The minimum atomic E-state index is -0.425. The Bertz CT molecular complexity index is 576. The number of aromatic nitrogens is 1. The van der Waals surface area contributed by atoms with Crippen molar-refractivity contribution in [3.05, 3.63) is 58.4 Å². The molecule has 0 atom stereocenters. The first kappa shape index (κ1) is 13.4. The summed E-state index contributed by atoms with van der Waals surface area (Å²) < 4.78 is 0. The molecule has 19 heavy (non-hydrogen) atoms. The Morgan fingerprint density at radius 2 is 2.00 bits per heavy atom. The summed E-state index contributed by atoms with van der Waals surface area (Å²) in [5.74, 6) is -0.425. The summed E-state index contributed by atoms with van der Waals surface area (Å²) >= 11 is 6.03. The monoisotopic (exact) mass is 275 g/mol. The molecule has 0 spiro atoms. The second-order valence-electron chi connectivity index (χ2n) is 4.21. The van der Waals surface area contributed by atoms with E-state index in [1.807, 2.05) is 25.1 Å². The van der Waals surface area contributed by atoms with Crippen LogP contribution in [0, 0.1) is 6.92 Å². The zero-order valence-electron chi connectivity index (χ0n) is 10.5. The van der Waals surface area contributed by atoms with Gasteiger partial charge in [-0.15, -0.1) is 0 Å². The number of halogens is 1. The second kappa shape index (κ2) is 5.71. The number of hydrogen-bond acceptors (Lipinski definition) is 3. The van der Waals surface area contributed by atoms with E-state index in [2.05, 4.69) is 10.3 Å². The Balaban J connectivity index is 2.08. The van der Waals surface area contributed by atoms with Crippen LogP contribution in [0.3, 0.4) is 0 Å². The van der Waals surface area contributed by atoms with Crippen molar-refractivity contribution in [3.63, 3.8) is 0 Å². The maximum absolute atomic E-state index is 11.0. The van der Waals surface area contributed by atoms with E-state index >= 15 is 0 Å². The Kier molecular flexibility index (Phi) is 4.02. The van der Waals surface area contributed by atoms with E-state index < -0.39 is 5.91 Å². The molecule has 0 bridgehead atoms. The molecule has 0 aliphatic heterocycles. The van der Waals surface area contributed by atoms with Gasteiger partial charge in [-0.1, -0.05) is 23.7 Å². The Morgan fingerprint density at radius 1 is 1.32 bits per heavy atom. The molecule has 0 fully saturated rings. The summed E-state index contributed by atoms with van der Waals surface area (Å²) in [7, 11) is 0. The number of benzene rings is 1. The molecule has 4 nitrogen and oxygen atoms in total. The number of anilines is 1. The Morgan fingerprint density at radius 3 is 2.58 bits per heavy atom. The number of primary amides is 1. The van der Waals surface area contributed by atoms with Crippen LogP contribution < -0.4 is 11.1 Å². The van der Waals surface area contributed by atoms with Gasteiger partial charge in [0.05, 0.1) is 5.69 Å². The zero-order chi connectivity index (χ0) is 13.8. The van der Waals surface area contributed by atoms with Crippen molar-refractivity contribution < 1.29 is 4.79 Å². The summed E-state index contributed by atoms with van der Waals surface area (Å²) in [6.07, 6.45) is 1.67. The number of carbonyl (C=O) groups excluding carboxylic acids is 1. The van der Waals surface area contributed by atoms with E-state index in [0.29, 0.717) is 17.3 Å². The molecular formula is C14H14ClN3O. The van der Waals surface area contributed by atoms with Gasteiger partial charge in [0.15, 0.2) is 5.15 Å². The van der Waals surface area contributed by atoms with Gasteiger partial charge in [-0.25, -0.2) is 4.98 Å². The summed E-state index contributed by atoms with van der Waals surface area (Å²) in [5, 5.41) is 3.69. The van der Waals surface area contributed by atoms with E-state index in [9.17, 15) is 4.79 Å². The lowest BCUT2D eigenvalue weighted by Gasteiger charge is -2.10. The van der Waals surface area contributed by atoms with E-state index in [-0.39, 0.29) is 0 Å². The van der Waals surface area contributed by atoms with Crippen LogP contribution in [-0.2, 0) is 6.54 Å². The topological polar surface area (TPSA) is 68.0 Å². The minimum Gasteiger partial charge on any atom is -0.378 e. The summed E-state index contributed by atoms with van der Waals surface area (Å²) in [6, 6.07) is 9.01. The first-order chi connectivity index (χ1) is 9.08. The number of pyridine rings is 1. The lowest BCUT2D eigenvalue weighted by Crippen LogP contribution is -2.11. The molecule has 0 aliphatic carbocycles. The first-order valence-electron chi connectivity index (χ1n) is 5.81. The maximum atomic E-state index is 11.0. The van der Waals surface area contributed by atoms with Gasteiger partial charge >= 0.3 is 0 Å². The van der Waals surface area contributed by atoms with Crippen molar-refractivity contribution >= 4 is 23.2 Å². The van der Waals surface area contributed by atoms with E-state index in [1.54, 1.807) is 18.3 Å². The highest BCUT2D eigenvalue weighted by Crippen LogP contribution is 2.23. The van der Waals surface area contributed by atoms with Crippen LogP contribution in [0.15, 0.2) is 36.5 Å². The van der Waals surface area contributed by atoms with Crippen LogP contribution >= 0.6 is 11.6 Å². The molecule has 3 N–H and O–H groups in total. The smallest absolute Gasteiger partial charge is 0.248 e. The Hall–Kier alpha value is -2.07. The van der Waals surface area contributed by atoms with Crippen LogP contribution in [0.1, 0.15) is 21.5 Å². The number of nitrogens with one attached hydrogen (secondary N) is 1. The lowest BCUT2D eigenvalue weighted by atomic mass is 10.1. The highest BCUT2D eigenvalue weighted by atomic mass is 35.5. The average Bonchev–Trinajstić information content (AvgIpc) is 2.38. The van der Waals surface area contributed by atoms with Crippen molar-refractivity contribution in [2.75, 3.05) is 5.32 Å². The number of rotatable bonds is 4. The maximum Gasteiger partial charge on any atom is 0.248 e. The number of nitrogens with zero attached hydrogens (tertiary/aromatic N) is 1. The third-order valence-electron chi connectivity index (χ3n) is 2.82. The molecule has 98 valence electrons.